The van der Waals surface area contributed by atoms with Crippen molar-refractivity contribution in [2.45, 2.75) is 70.8 Å². The van der Waals surface area contributed by atoms with Gasteiger partial charge in [-0.1, -0.05) is 130 Å². The van der Waals surface area contributed by atoms with E-state index >= 15 is 0 Å². The van der Waals surface area contributed by atoms with Gasteiger partial charge in [0, 0.05) is 6.10 Å². The van der Waals surface area contributed by atoms with Gasteiger partial charge in [-0.05, 0) is 89.1 Å². The summed E-state index contributed by atoms with van der Waals surface area (Å²) in [4.78, 5) is 0. The van der Waals surface area contributed by atoms with Crippen molar-refractivity contribution in [2.24, 2.45) is 0 Å². The average molecular weight is 659 g/mol. The SMILES string of the molecule is COc1ccc(C(OC(C)C)(c2ccc(CC(C)O[Si](c3ccccc3)(c3ccccc3)C(C)(C)C)cc2)c2ccc(OC)cc2)cc1. The predicted molar refractivity (Wildman–Crippen MR) is 200 cm³/mol. The third-order valence-electron chi connectivity index (χ3n) is 9.08. The fourth-order valence-corrected chi connectivity index (χ4v) is 11.7. The molecule has 0 amide bonds. The van der Waals surface area contributed by atoms with Crippen molar-refractivity contribution in [3.8, 4) is 11.5 Å². The molecule has 48 heavy (non-hydrogen) atoms. The average Bonchev–Trinajstić information content (AvgIpc) is 3.10. The second-order valence-electron chi connectivity index (χ2n) is 13.8. The smallest absolute Gasteiger partial charge is 0.261 e. The van der Waals surface area contributed by atoms with Crippen LogP contribution >= 0.6 is 0 Å². The number of methoxy groups -OCH3 is 2. The molecule has 0 aromatic heterocycles. The molecule has 5 aromatic carbocycles. The zero-order valence-corrected chi connectivity index (χ0v) is 30.7. The number of benzene rings is 5. The highest BCUT2D eigenvalue weighted by atomic mass is 28.4. The van der Waals surface area contributed by atoms with E-state index in [0.29, 0.717) is 0 Å². The Hall–Kier alpha value is -4.16. The largest absolute Gasteiger partial charge is 0.497 e. The molecular weight excluding hydrogens is 609 g/mol. The van der Waals surface area contributed by atoms with Gasteiger partial charge in [0.1, 0.15) is 17.1 Å². The zero-order chi connectivity index (χ0) is 34.4. The molecule has 0 saturated carbocycles. The number of hydrogen-bond donors (Lipinski definition) is 0. The lowest BCUT2D eigenvalue weighted by molar-refractivity contribution is -0.0293. The van der Waals surface area contributed by atoms with Crippen LogP contribution in [-0.4, -0.2) is 34.7 Å². The van der Waals surface area contributed by atoms with Crippen LogP contribution in [0.1, 0.15) is 63.8 Å². The summed E-state index contributed by atoms with van der Waals surface area (Å²) in [6.45, 7) is 13.4. The van der Waals surface area contributed by atoms with Gasteiger partial charge in [0.15, 0.2) is 0 Å². The van der Waals surface area contributed by atoms with E-state index in [1.807, 2.05) is 24.3 Å². The minimum atomic E-state index is -2.67. The van der Waals surface area contributed by atoms with Crippen LogP contribution in [0, 0.1) is 0 Å². The summed E-state index contributed by atoms with van der Waals surface area (Å²) in [5, 5.41) is 2.50. The summed E-state index contributed by atoms with van der Waals surface area (Å²) in [5.74, 6) is 1.61. The molecule has 0 aliphatic carbocycles. The van der Waals surface area contributed by atoms with Crippen LogP contribution in [0.3, 0.4) is 0 Å². The van der Waals surface area contributed by atoms with Gasteiger partial charge in [0.05, 0.1) is 20.3 Å². The van der Waals surface area contributed by atoms with E-state index in [0.717, 1.165) is 34.6 Å². The second kappa shape index (κ2) is 14.9. The van der Waals surface area contributed by atoms with Gasteiger partial charge in [0.2, 0.25) is 0 Å². The minimum absolute atomic E-state index is 0.0120. The fraction of sp³-hybridized carbons (Fsp3) is 0.302. The Bertz CT molecular complexity index is 1620. The van der Waals surface area contributed by atoms with Gasteiger partial charge in [-0.2, -0.15) is 0 Å². The van der Waals surface area contributed by atoms with E-state index in [1.54, 1.807) is 14.2 Å². The van der Waals surface area contributed by atoms with Gasteiger partial charge in [-0.25, -0.2) is 0 Å². The highest BCUT2D eigenvalue weighted by molar-refractivity contribution is 6.99. The molecule has 5 heteroatoms. The van der Waals surface area contributed by atoms with Crippen LogP contribution in [0.2, 0.25) is 5.04 Å². The zero-order valence-electron chi connectivity index (χ0n) is 29.7. The topological polar surface area (TPSA) is 36.9 Å². The first-order chi connectivity index (χ1) is 23.0. The van der Waals surface area contributed by atoms with E-state index in [2.05, 4.69) is 151 Å². The van der Waals surface area contributed by atoms with Crippen molar-refractivity contribution in [1.82, 2.24) is 0 Å². The highest BCUT2D eigenvalue weighted by Crippen LogP contribution is 2.43. The van der Waals surface area contributed by atoms with E-state index in [9.17, 15) is 0 Å². The Kier molecular flexibility index (Phi) is 10.9. The maximum absolute atomic E-state index is 7.40. The molecule has 5 aromatic rings. The van der Waals surface area contributed by atoms with Crippen molar-refractivity contribution >= 4 is 18.7 Å². The quantitative estimate of drug-likeness (QED) is 0.0935. The van der Waals surface area contributed by atoms with Gasteiger partial charge < -0.3 is 18.6 Å². The molecule has 0 saturated heterocycles. The van der Waals surface area contributed by atoms with Crippen molar-refractivity contribution in [1.29, 1.82) is 0 Å². The van der Waals surface area contributed by atoms with Gasteiger partial charge in [-0.3, -0.25) is 0 Å². The number of hydrogen-bond acceptors (Lipinski definition) is 4. The van der Waals surface area contributed by atoms with Crippen LogP contribution in [0.25, 0.3) is 0 Å². The lowest BCUT2D eigenvalue weighted by Gasteiger charge is -2.44. The summed E-state index contributed by atoms with van der Waals surface area (Å²) in [6.07, 6.45) is 0.726. The van der Waals surface area contributed by atoms with Crippen LogP contribution < -0.4 is 19.8 Å². The monoisotopic (exact) mass is 658 g/mol. The van der Waals surface area contributed by atoms with Crippen molar-refractivity contribution in [3.05, 3.63) is 156 Å². The molecule has 0 aliphatic rings. The second-order valence-corrected chi connectivity index (χ2v) is 18.1. The Morgan fingerprint density at radius 3 is 1.29 bits per heavy atom. The van der Waals surface area contributed by atoms with E-state index in [1.165, 1.54) is 15.9 Å². The minimum Gasteiger partial charge on any atom is -0.497 e. The van der Waals surface area contributed by atoms with E-state index < -0.39 is 13.9 Å². The molecule has 1 atom stereocenters. The Morgan fingerprint density at radius 1 is 0.542 bits per heavy atom. The third-order valence-corrected chi connectivity index (χ3v) is 14.2. The summed E-state index contributed by atoms with van der Waals surface area (Å²) in [7, 11) is 0.706. The van der Waals surface area contributed by atoms with Gasteiger partial charge in [0.25, 0.3) is 8.32 Å². The molecular formula is C43H50O4Si. The van der Waals surface area contributed by atoms with Crippen molar-refractivity contribution in [3.63, 3.8) is 0 Å². The summed E-state index contributed by atoms with van der Waals surface area (Å²) < 4.78 is 25.4. The lowest BCUT2D eigenvalue weighted by Crippen LogP contribution is -2.67. The molecule has 0 spiro atoms. The molecule has 0 N–H and O–H groups in total. The molecule has 0 heterocycles. The van der Waals surface area contributed by atoms with Crippen molar-refractivity contribution < 1.29 is 18.6 Å². The van der Waals surface area contributed by atoms with Crippen LogP contribution in [0.15, 0.2) is 133 Å². The van der Waals surface area contributed by atoms with Gasteiger partial charge >= 0.3 is 0 Å². The number of ether oxygens (including phenoxy) is 3. The summed E-state index contributed by atoms with van der Waals surface area (Å²) >= 11 is 0. The summed E-state index contributed by atoms with van der Waals surface area (Å²) in [5.41, 5.74) is 3.47. The number of rotatable bonds is 13. The predicted octanol–water partition coefficient (Wildman–Crippen LogP) is 8.93. The molecule has 0 fully saturated rings. The molecule has 0 aliphatic heterocycles. The molecule has 4 nitrogen and oxygen atoms in total. The van der Waals surface area contributed by atoms with Crippen LogP contribution in [0.5, 0.6) is 11.5 Å². The third kappa shape index (κ3) is 7.14. The first kappa shape index (κ1) is 35.2. The highest BCUT2D eigenvalue weighted by Gasteiger charge is 2.51. The maximum atomic E-state index is 7.40. The van der Waals surface area contributed by atoms with Crippen molar-refractivity contribution in [2.75, 3.05) is 14.2 Å². The molecule has 1 unspecified atom stereocenters. The van der Waals surface area contributed by atoms with E-state index in [4.69, 9.17) is 18.6 Å². The maximum Gasteiger partial charge on any atom is 0.261 e. The molecule has 0 bridgehead atoms. The van der Waals surface area contributed by atoms with E-state index in [-0.39, 0.29) is 17.2 Å². The molecule has 250 valence electrons. The molecule has 0 radical (unpaired) electrons. The van der Waals surface area contributed by atoms with Crippen LogP contribution in [0.4, 0.5) is 0 Å². The first-order valence-electron chi connectivity index (χ1n) is 16.9. The van der Waals surface area contributed by atoms with Gasteiger partial charge in [-0.15, -0.1) is 0 Å². The standard InChI is InChI=1S/C43H50O4Si/c1-32(2)46-43(36-23-27-38(44-7)28-24-36,37-25-29-39(45-8)30-26-37)35-21-19-34(20-22-35)31-33(3)47-48(42(4,5)6,40-15-11-9-12-16-40)41-17-13-10-14-18-41/h9-30,32-33H,31H2,1-8H3. The fourth-order valence-electron chi connectivity index (χ4n) is 6.95. The normalized spacial score (nSPS) is 12.9. The lowest BCUT2D eigenvalue weighted by atomic mass is 9.79. The Balaban J connectivity index is 1.53. The summed E-state index contributed by atoms with van der Waals surface area (Å²) in [6, 6.07) is 46.9. The Morgan fingerprint density at radius 2 is 0.938 bits per heavy atom. The molecule has 5 rings (SSSR count). The van der Waals surface area contributed by atoms with Crippen LogP contribution in [-0.2, 0) is 21.2 Å². The first-order valence-corrected chi connectivity index (χ1v) is 18.8. The Labute approximate surface area is 288 Å².